The predicted molar refractivity (Wildman–Crippen MR) is 72.6 cm³/mol. The Kier molecular flexibility index (Phi) is 4.86. The van der Waals surface area contributed by atoms with E-state index in [9.17, 15) is 9.90 Å². The molecule has 0 saturated carbocycles. The monoisotopic (exact) mass is 280 g/mol. The molecular formula is C13H20N4O3. The van der Waals surface area contributed by atoms with Crippen molar-refractivity contribution in [3.63, 3.8) is 0 Å². The zero-order valence-electron chi connectivity index (χ0n) is 11.8. The number of β-amino-alcohol motifs (C(OH)–C–C–N with tert-alkyl or cyclic N) is 1. The number of carbonyl (C=O) groups is 1. The van der Waals surface area contributed by atoms with Crippen LogP contribution in [-0.2, 0) is 0 Å². The van der Waals surface area contributed by atoms with Crippen molar-refractivity contribution in [3.8, 4) is 5.88 Å². The number of aromatic nitrogens is 2. The smallest absolute Gasteiger partial charge is 0.274 e. The van der Waals surface area contributed by atoms with E-state index in [0.29, 0.717) is 31.2 Å². The van der Waals surface area contributed by atoms with Crippen LogP contribution in [0.3, 0.4) is 0 Å². The summed E-state index contributed by atoms with van der Waals surface area (Å²) < 4.78 is 4.92. The summed E-state index contributed by atoms with van der Waals surface area (Å²) in [4.78, 5) is 16.1. The van der Waals surface area contributed by atoms with Gasteiger partial charge in [0.1, 0.15) is 0 Å². The Morgan fingerprint density at radius 3 is 2.55 bits per heavy atom. The Morgan fingerprint density at radius 1 is 1.35 bits per heavy atom. The number of aliphatic hydroxyl groups is 1. The van der Waals surface area contributed by atoms with Crippen molar-refractivity contribution in [1.82, 2.24) is 20.0 Å². The lowest BCUT2D eigenvalue weighted by Crippen LogP contribution is -2.50. The molecule has 2 rings (SSSR count). The van der Waals surface area contributed by atoms with Crippen LogP contribution in [0.4, 0.5) is 0 Å². The Morgan fingerprint density at radius 2 is 2.05 bits per heavy atom. The van der Waals surface area contributed by atoms with Crippen molar-refractivity contribution in [2.24, 2.45) is 0 Å². The molecule has 1 fully saturated rings. The molecule has 1 amide bonds. The summed E-state index contributed by atoms with van der Waals surface area (Å²) >= 11 is 0. The average Bonchev–Trinajstić information content (AvgIpc) is 2.47. The molecule has 1 aliphatic rings. The van der Waals surface area contributed by atoms with E-state index >= 15 is 0 Å². The van der Waals surface area contributed by atoms with E-state index in [-0.39, 0.29) is 12.0 Å². The zero-order valence-corrected chi connectivity index (χ0v) is 11.8. The molecule has 0 unspecified atom stereocenters. The van der Waals surface area contributed by atoms with Crippen LogP contribution in [0.5, 0.6) is 5.88 Å². The summed E-state index contributed by atoms with van der Waals surface area (Å²) in [5, 5.41) is 17.0. The number of piperazine rings is 1. The van der Waals surface area contributed by atoms with Crippen LogP contribution in [0.15, 0.2) is 12.1 Å². The van der Waals surface area contributed by atoms with Crippen LogP contribution in [0, 0.1) is 0 Å². The first kappa shape index (κ1) is 14.7. The van der Waals surface area contributed by atoms with Gasteiger partial charge in [-0.25, -0.2) is 0 Å². The summed E-state index contributed by atoms with van der Waals surface area (Å²) in [6.45, 7) is 5.22. The van der Waals surface area contributed by atoms with Crippen LogP contribution in [0.25, 0.3) is 0 Å². The maximum atomic E-state index is 12.2. The van der Waals surface area contributed by atoms with Gasteiger partial charge in [0.05, 0.1) is 13.2 Å². The molecule has 110 valence electrons. The van der Waals surface area contributed by atoms with Gasteiger partial charge in [0, 0.05) is 38.8 Å². The number of hydrogen-bond donors (Lipinski definition) is 1. The molecule has 7 nitrogen and oxygen atoms in total. The lowest BCUT2D eigenvalue weighted by molar-refractivity contribution is 0.0548. The molecule has 2 heterocycles. The van der Waals surface area contributed by atoms with Gasteiger partial charge in [-0.2, -0.15) is 0 Å². The molecule has 7 heteroatoms. The highest BCUT2D eigenvalue weighted by molar-refractivity contribution is 5.92. The van der Waals surface area contributed by atoms with Crippen LogP contribution in [0.2, 0.25) is 0 Å². The fraction of sp³-hybridized carbons (Fsp3) is 0.615. The molecule has 0 radical (unpaired) electrons. The van der Waals surface area contributed by atoms with Crippen molar-refractivity contribution < 1.29 is 14.6 Å². The normalized spacial score (nSPS) is 17.9. The standard InChI is InChI=1S/C13H20N4O3/c1-10(18)9-16-5-7-17(8-6-16)13(19)11-3-4-12(20-2)15-14-11/h3-4,10,18H,5-9H2,1-2H3/t10-/m0/s1. The molecule has 1 atom stereocenters. The highest BCUT2D eigenvalue weighted by atomic mass is 16.5. The molecule has 1 N–H and O–H groups in total. The van der Waals surface area contributed by atoms with E-state index in [1.807, 2.05) is 0 Å². The van der Waals surface area contributed by atoms with Gasteiger partial charge >= 0.3 is 0 Å². The first-order valence-electron chi connectivity index (χ1n) is 6.67. The average molecular weight is 280 g/mol. The minimum Gasteiger partial charge on any atom is -0.480 e. The molecule has 0 aliphatic carbocycles. The molecule has 1 aromatic rings. The molecule has 1 aromatic heterocycles. The van der Waals surface area contributed by atoms with Crippen molar-refractivity contribution in [2.75, 3.05) is 39.8 Å². The van der Waals surface area contributed by atoms with Crippen molar-refractivity contribution in [1.29, 1.82) is 0 Å². The van der Waals surface area contributed by atoms with E-state index in [0.717, 1.165) is 13.1 Å². The second-order valence-corrected chi connectivity index (χ2v) is 4.90. The third-order valence-electron chi connectivity index (χ3n) is 3.25. The number of methoxy groups -OCH3 is 1. The summed E-state index contributed by atoms with van der Waals surface area (Å²) in [7, 11) is 1.51. The highest BCUT2D eigenvalue weighted by Crippen LogP contribution is 2.09. The number of amides is 1. The number of carbonyl (C=O) groups excluding carboxylic acids is 1. The Labute approximate surface area is 118 Å². The summed E-state index contributed by atoms with van der Waals surface area (Å²) in [5.74, 6) is 0.278. The van der Waals surface area contributed by atoms with E-state index in [4.69, 9.17) is 4.74 Å². The molecule has 20 heavy (non-hydrogen) atoms. The van der Waals surface area contributed by atoms with Gasteiger partial charge in [0.2, 0.25) is 5.88 Å². The highest BCUT2D eigenvalue weighted by Gasteiger charge is 2.23. The number of ether oxygens (including phenoxy) is 1. The molecule has 1 aliphatic heterocycles. The first-order valence-corrected chi connectivity index (χ1v) is 6.67. The van der Waals surface area contributed by atoms with Crippen molar-refractivity contribution in [2.45, 2.75) is 13.0 Å². The lowest BCUT2D eigenvalue weighted by atomic mass is 10.2. The topological polar surface area (TPSA) is 78.8 Å². The third kappa shape index (κ3) is 3.64. The minimum atomic E-state index is -0.343. The van der Waals surface area contributed by atoms with Gasteiger partial charge in [-0.1, -0.05) is 0 Å². The first-order chi connectivity index (χ1) is 9.60. The van der Waals surface area contributed by atoms with Crippen LogP contribution >= 0.6 is 0 Å². The van der Waals surface area contributed by atoms with Gasteiger partial charge < -0.3 is 14.7 Å². The van der Waals surface area contributed by atoms with E-state index in [2.05, 4.69) is 15.1 Å². The minimum absolute atomic E-state index is 0.114. The third-order valence-corrected chi connectivity index (χ3v) is 3.25. The fourth-order valence-corrected chi connectivity index (χ4v) is 2.21. The second kappa shape index (κ2) is 6.62. The van der Waals surface area contributed by atoms with E-state index in [1.165, 1.54) is 7.11 Å². The summed E-state index contributed by atoms with van der Waals surface area (Å²) in [5.41, 5.74) is 0.328. The number of nitrogens with zero attached hydrogens (tertiary/aromatic N) is 4. The van der Waals surface area contributed by atoms with Crippen LogP contribution in [-0.4, -0.2) is 76.9 Å². The Balaban J connectivity index is 1.90. The van der Waals surface area contributed by atoms with Crippen LogP contribution in [0.1, 0.15) is 17.4 Å². The van der Waals surface area contributed by atoms with Crippen LogP contribution < -0.4 is 4.74 Å². The Hall–Kier alpha value is -1.73. The number of aliphatic hydroxyl groups excluding tert-OH is 1. The largest absolute Gasteiger partial charge is 0.480 e. The second-order valence-electron chi connectivity index (χ2n) is 4.90. The summed E-state index contributed by atoms with van der Waals surface area (Å²) in [6, 6.07) is 3.25. The van der Waals surface area contributed by atoms with Crippen molar-refractivity contribution in [3.05, 3.63) is 17.8 Å². The summed E-state index contributed by atoms with van der Waals surface area (Å²) in [6.07, 6.45) is -0.343. The SMILES string of the molecule is COc1ccc(C(=O)N2CCN(C[C@H](C)O)CC2)nn1. The molecular weight excluding hydrogens is 260 g/mol. The van der Waals surface area contributed by atoms with Gasteiger partial charge in [-0.15, -0.1) is 10.2 Å². The predicted octanol–water partition coefficient (Wildman–Crippen LogP) is -0.376. The molecule has 0 spiro atoms. The fourth-order valence-electron chi connectivity index (χ4n) is 2.21. The maximum absolute atomic E-state index is 12.2. The lowest BCUT2D eigenvalue weighted by Gasteiger charge is -2.34. The van der Waals surface area contributed by atoms with Gasteiger partial charge in [-0.05, 0) is 13.0 Å². The van der Waals surface area contributed by atoms with Gasteiger partial charge in [0.25, 0.3) is 5.91 Å². The van der Waals surface area contributed by atoms with Crippen molar-refractivity contribution >= 4 is 5.91 Å². The zero-order chi connectivity index (χ0) is 14.5. The molecule has 1 saturated heterocycles. The Bertz CT molecular complexity index is 441. The van der Waals surface area contributed by atoms with E-state index < -0.39 is 0 Å². The molecule has 0 bridgehead atoms. The van der Waals surface area contributed by atoms with E-state index in [1.54, 1.807) is 24.0 Å². The maximum Gasteiger partial charge on any atom is 0.274 e. The quantitative estimate of drug-likeness (QED) is 0.810. The molecule has 0 aromatic carbocycles. The van der Waals surface area contributed by atoms with Gasteiger partial charge in [0.15, 0.2) is 5.69 Å². The number of rotatable bonds is 4. The number of hydrogen-bond acceptors (Lipinski definition) is 6. The van der Waals surface area contributed by atoms with Gasteiger partial charge in [-0.3, -0.25) is 9.69 Å².